The maximum atomic E-state index is 11.5. The van der Waals surface area contributed by atoms with Crippen molar-refractivity contribution in [1.82, 2.24) is 5.32 Å². The van der Waals surface area contributed by atoms with E-state index in [2.05, 4.69) is 5.32 Å². The van der Waals surface area contributed by atoms with Crippen LogP contribution in [0.4, 0.5) is 0 Å². The number of nitrogens with one attached hydrogen (secondary N) is 1. The fourth-order valence-corrected chi connectivity index (χ4v) is 1.72. The SMILES string of the molecule is CCC(O)CCNC(=O)/C=C/c1ccc(Cl)c(Cl)c1. The first-order chi connectivity index (χ1) is 9.02. The molecule has 0 spiro atoms. The van der Waals surface area contributed by atoms with Crippen molar-refractivity contribution >= 4 is 35.2 Å². The Kier molecular flexibility index (Phi) is 6.92. The summed E-state index contributed by atoms with van der Waals surface area (Å²) in [6, 6.07) is 5.15. The average molecular weight is 302 g/mol. The molecule has 0 aliphatic heterocycles. The Morgan fingerprint density at radius 2 is 2.16 bits per heavy atom. The number of benzene rings is 1. The lowest BCUT2D eigenvalue weighted by atomic mass is 10.2. The summed E-state index contributed by atoms with van der Waals surface area (Å²) < 4.78 is 0. The molecule has 2 N–H and O–H groups in total. The normalized spacial score (nSPS) is 12.6. The van der Waals surface area contributed by atoms with Gasteiger partial charge >= 0.3 is 0 Å². The number of aliphatic hydroxyl groups is 1. The van der Waals surface area contributed by atoms with Crippen molar-refractivity contribution in [2.24, 2.45) is 0 Å². The van der Waals surface area contributed by atoms with Gasteiger partial charge in [-0.15, -0.1) is 0 Å². The van der Waals surface area contributed by atoms with Gasteiger partial charge in [0.1, 0.15) is 0 Å². The molecule has 0 aliphatic rings. The van der Waals surface area contributed by atoms with Crippen molar-refractivity contribution in [1.29, 1.82) is 0 Å². The van der Waals surface area contributed by atoms with Gasteiger partial charge in [-0.3, -0.25) is 4.79 Å². The zero-order chi connectivity index (χ0) is 14.3. The van der Waals surface area contributed by atoms with Gasteiger partial charge in [-0.1, -0.05) is 36.2 Å². The van der Waals surface area contributed by atoms with E-state index in [9.17, 15) is 9.90 Å². The molecular weight excluding hydrogens is 285 g/mol. The van der Waals surface area contributed by atoms with Crippen LogP contribution in [0.25, 0.3) is 6.08 Å². The molecule has 1 aromatic rings. The second kappa shape index (κ2) is 8.20. The van der Waals surface area contributed by atoms with Crippen molar-refractivity contribution in [3.63, 3.8) is 0 Å². The van der Waals surface area contributed by atoms with Crippen molar-refractivity contribution < 1.29 is 9.90 Å². The number of hydrogen-bond acceptors (Lipinski definition) is 2. The standard InChI is InChI=1S/C14H17Cl2NO2/c1-2-11(18)7-8-17-14(19)6-4-10-3-5-12(15)13(16)9-10/h3-6,9,11,18H,2,7-8H2,1H3,(H,17,19)/b6-4+. The molecule has 0 aromatic heterocycles. The van der Waals surface area contributed by atoms with E-state index in [1.54, 1.807) is 24.3 Å². The van der Waals surface area contributed by atoms with Crippen LogP contribution >= 0.6 is 23.2 Å². The van der Waals surface area contributed by atoms with Crippen LogP contribution in [0.15, 0.2) is 24.3 Å². The number of rotatable bonds is 6. The van der Waals surface area contributed by atoms with Crippen LogP contribution in [-0.2, 0) is 4.79 Å². The van der Waals surface area contributed by atoms with Crippen LogP contribution in [0.3, 0.4) is 0 Å². The molecule has 1 amide bonds. The molecule has 1 rings (SSSR count). The molecule has 5 heteroatoms. The van der Waals surface area contributed by atoms with Gasteiger partial charge < -0.3 is 10.4 Å². The summed E-state index contributed by atoms with van der Waals surface area (Å²) in [6.45, 7) is 2.36. The zero-order valence-corrected chi connectivity index (χ0v) is 12.2. The van der Waals surface area contributed by atoms with Gasteiger partial charge in [0, 0.05) is 12.6 Å². The van der Waals surface area contributed by atoms with E-state index in [1.165, 1.54) is 6.08 Å². The van der Waals surface area contributed by atoms with Gasteiger partial charge in [-0.25, -0.2) is 0 Å². The molecule has 0 heterocycles. The largest absolute Gasteiger partial charge is 0.393 e. The van der Waals surface area contributed by atoms with Gasteiger partial charge in [-0.2, -0.15) is 0 Å². The predicted molar refractivity (Wildman–Crippen MR) is 79.4 cm³/mol. The zero-order valence-electron chi connectivity index (χ0n) is 10.7. The maximum absolute atomic E-state index is 11.5. The third-order valence-electron chi connectivity index (χ3n) is 2.62. The second-order valence-electron chi connectivity index (χ2n) is 4.15. The van der Waals surface area contributed by atoms with E-state index in [0.29, 0.717) is 29.4 Å². The minimum Gasteiger partial charge on any atom is -0.393 e. The van der Waals surface area contributed by atoms with Crippen molar-refractivity contribution in [2.75, 3.05) is 6.54 Å². The van der Waals surface area contributed by atoms with Crippen LogP contribution in [0.5, 0.6) is 0 Å². The molecule has 0 saturated carbocycles. The lowest BCUT2D eigenvalue weighted by Gasteiger charge is -2.07. The Morgan fingerprint density at radius 1 is 1.42 bits per heavy atom. The summed E-state index contributed by atoms with van der Waals surface area (Å²) >= 11 is 11.7. The highest BCUT2D eigenvalue weighted by atomic mass is 35.5. The summed E-state index contributed by atoms with van der Waals surface area (Å²) in [5.41, 5.74) is 0.804. The minimum absolute atomic E-state index is 0.200. The molecule has 0 bridgehead atoms. The van der Waals surface area contributed by atoms with E-state index in [4.69, 9.17) is 23.2 Å². The third kappa shape index (κ3) is 6.10. The quantitative estimate of drug-likeness (QED) is 0.792. The van der Waals surface area contributed by atoms with Gasteiger partial charge in [0.15, 0.2) is 0 Å². The molecule has 0 saturated heterocycles. The summed E-state index contributed by atoms with van der Waals surface area (Å²) in [5.74, 6) is -0.200. The minimum atomic E-state index is -0.362. The molecule has 0 aliphatic carbocycles. The van der Waals surface area contributed by atoms with Crippen LogP contribution in [-0.4, -0.2) is 23.7 Å². The topological polar surface area (TPSA) is 49.3 Å². The number of amides is 1. The van der Waals surface area contributed by atoms with Gasteiger partial charge in [0.2, 0.25) is 5.91 Å². The monoisotopic (exact) mass is 301 g/mol. The molecule has 104 valence electrons. The predicted octanol–water partition coefficient (Wildman–Crippen LogP) is 3.28. The van der Waals surface area contributed by atoms with Crippen LogP contribution in [0.1, 0.15) is 25.3 Å². The molecule has 0 radical (unpaired) electrons. The highest BCUT2D eigenvalue weighted by Gasteiger charge is 2.01. The molecular formula is C14H17Cl2NO2. The Hall–Kier alpha value is -1.03. The summed E-state index contributed by atoms with van der Waals surface area (Å²) in [7, 11) is 0. The van der Waals surface area contributed by atoms with Crippen molar-refractivity contribution in [3.8, 4) is 0 Å². The maximum Gasteiger partial charge on any atom is 0.244 e. The number of carbonyl (C=O) groups is 1. The molecule has 19 heavy (non-hydrogen) atoms. The average Bonchev–Trinajstić information content (AvgIpc) is 2.40. The highest BCUT2D eigenvalue weighted by molar-refractivity contribution is 6.42. The smallest absolute Gasteiger partial charge is 0.244 e. The molecule has 1 atom stereocenters. The van der Waals surface area contributed by atoms with E-state index in [0.717, 1.165) is 5.56 Å². The second-order valence-corrected chi connectivity index (χ2v) is 4.96. The Bertz CT molecular complexity index is 461. The molecule has 1 aromatic carbocycles. The molecule has 1 unspecified atom stereocenters. The fraction of sp³-hybridized carbons (Fsp3) is 0.357. The first-order valence-corrected chi connectivity index (χ1v) is 6.87. The van der Waals surface area contributed by atoms with E-state index in [1.807, 2.05) is 6.92 Å². The first-order valence-electron chi connectivity index (χ1n) is 6.12. The summed E-state index contributed by atoms with van der Waals surface area (Å²) in [4.78, 5) is 11.5. The van der Waals surface area contributed by atoms with E-state index < -0.39 is 0 Å². The lowest BCUT2D eigenvalue weighted by molar-refractivity contribution is -0.116. The Balaban J connectivity index is 2.43. The number of halogens is 2. The van der Waals surface area contributed by atoms with Crippen LogP contribution in [0.2, 0.25) is 10.0 Å². The van der Waals surface area contributed by atoms with Crippen LogP contribution < -0.4 is 5.32 Å². The van der Waals surface area contributed by atoms with Crippen molar-refractivity contribution in [3.05, 3.63) is 39.9 Å². The lowest BCUT2D eigenvalue weighted by Crippen LogP contribution is -2.25. The summed E-state index contributed by atoms with van der Waals surface area (Å²) in [5, 5.41) is 13.0. The highest BCUT2D eigenvalue weighted by Crippen LogP contribution is 2.22. The van der Waals surface area contributed by atoms with Gasteiger partial charge in [0.25, 0.3) is 0 Å². The third-order valence-corrected chi connectivity index (χ3v) is 3.36. The molecule has 3 nitrogen and oxygen atoms in total. The first kappa shape index (κ1) is 16.0. The summed E-state index contributed by atoms with van der Waals surface area (Å²) in [6.07, 6.45) is 3.98. The fourth-order valence-electron chi connectivity index (χ4n) is 1.41. The number of carbonyl (C=O) groups excluding carboxylic acids is 1. The Morgan fingerprint density at radius 3 is 2.79 bits per heavy atom. The van der Waals surface area contributed by atoms with Gasteiger partial charge in [-0.05, 0) is 36.6 Å². The number of hydrogen-bond donors (Lipinski definition) is 2. The number of aliphatic hydroxyl groups excluding tert-OH is 1. The van der Waals surface area contributed by atoms with Crippen LogP contribution in [0, 0.1) is 0 Å². The van der Waals surface area contributed by atoms with Crippen molar-refractivity contribution in [2.45, 2.75) is 25.9 Å². The van der Waals surface area contributed by atoms with Gasteiger partial charge in [0.05, 0.1) is 16.1 Å². The van der Waals surface area contributed by atoms with E-state index >= 15 is 0 Å². The Labute approximate surface area is 123 Å². The van der Waals surface area contributed by atoms with E-state index in [-0.39, 0.29) is 12.0 Å². The molecule has 0 fully saturated rings.